The number of benzene rings is 1. The topological polar surface area (TPSA) is 26.3 Å². The number of esters is 1. The van der Waals surface area contributed by atoms with E-state index in [-0.39, 0.29) is 18.0 Å². The number of ether oxygens (including phenoxy) is 1. The van der Waals surface area contributed by atoms with Gasteiger partial charge in [0.25, 0.3) is 0 Å². The molecule has 0 heterocycles. The number of carbonyl (C=O) groups excluding carboxylic acids is 1. The van der Waals surface area contributed by atoms with Crippen molar-refractivity contribution < 1.29 is 9.53 Å². The van der Waals surface area contributed by atoms with Gasteiger partial charge in [0.15, 0.2) is 0 Å². The van der Waals surface area contributed by atoms with Crippen molar-refractivity contribution in [3.05, 3.63) is 35.9 Å². The summed E-state index contributed by atoms with van der Waals surface area (Å²) >= 11 is 0. The van der Waals surface area contributed by atoms with E-state index < -0.39 is 0 Å². The smallest absolute Gasteiger partial charge is 0.313 e. The molecule has 1 aromatic rings. The van der Waals surface area contributed by atoms with Crippen molar-refractivity contribution in [2.45, 2.75) is 45.6 Å². The van der Waals surface area contributed by atoms with Gasteiger partial charge in [-0.15, -0.1) is 0 Å². The highest BCUT2D eigenvalue weighted by Gasteiger charge is 2.21. The Balaban J connectivity index is 2.71. The highest BCUT2D eigenvalue weighted by atomic mass is 16.5. The predicted octanol–water partition coefficient (Wildman–Crippen LogP) is 3.52. The second-order valence-electron chi connectivity index (χ2n) is 4.03. The summed E-state index contributed by atoms with van der Waals surface area (Å²) < 4.78 is 5.37. The molecule has 88 valence electrons. The molecule has 0 spiro atoms. The Morgan fingerprint density at radius 2 is 1.81 bits per heavy atom. The summed E-state index contributed by atoms with van der Waals surface area (Å²) in [4.78, 5) is 11.9. The minimum atomic E-state index is -0.129. The van der Waals surface area contributed by atoms with Gasteiger partial charge in [0, 0.05) is 0 Å². The third-order valence-electron chi connectivity index (χ3n) is 2.79. The molecule has 0 unspecified atom stereocenters. The SMILES string of the molecule is CC[C@H](C(=O)O[C@@H](C)CC)c1ccccc1. The van der Waals surface area contributed by atoms with Crippen molar-refractivity contribution in [3.63, 3.8) is 0 Å². The number of hydrogen-bond acceptors (Lipinski definition) is 2. The third kappa shape index (κ3) is 3.37. The van der Waals surface area contributed by atoms with Gasteiger partial charge >= 0.3 is 5.97 Å². The van der Waals surface area contributed by atoms with Gasteiger partial charge in [0.1, 0.15) is 0 Å². The van der Waals surface area contributed by atoms with Crippen LogP contribution in [0.2, 0.25) is 0 Å². The van der Waals surface area contributed by atoms with Crippen LogP contribution in [0.15, 0.2) is 30.3 Å². The lowest BCUT2D eigenvalue weighted by molar-refractivity contribution is -0.150. The molecule has 1 aromatic carbocycles. The zero-order valence-corrected chi connectivity index (χ0v) is 10.3. The fourth-order valence-corrected chi connectivity index (χ4v) is 1.59. The first kappa shape index (κ1) is 12.8. The molecule has 0 aromatic heterocycles. The minimum Gasteiger partial charge on any atom is -0.462 e. The Kier molecular flexibility index (Phi) is 5.03. The van der Waals surface area contributed by atoms with Gasteiger partial charge in [-0.1, -0.05) is 44.2 Å². The maximum atomic E-state index is 11.9. The summed E-state index contributed by atoms with van der Waals surface area (Å²) in [6.07, 6.45) is 1.64. The normalized spacial score (nSPS) is 14.2. The molecule has 2 nitrogen and oxygen atoms in total. The molecular formula is C14H20O2. The van der Waals surface area contributed by atoms with E-state index in [4.69, 9.17) is 4.74 Å². The molecule has 0 aliphatic carbocycles. The fourth-order valence-electron chi connectivity index (χ4n) is 1.59. The molecule has 0 aliphatic heterocycles. The molecule has 0 aliphatic rings. The first-order valence-corrected chi connectivity index (χ1v) is 5.94. The lowest BCUT2D eigenvalue weighted by atomic mass is 9.97. The summed E-state index contributed by atoms with van der Waals surface area (Å²) in [5.41, 5.74) is 1.04. The number of carbonyl (C=O) groups is 1. The van der Waals surface area contributed by atoms with E-state index in [0.717, 1.165) is 18.4 Å². The van der Waals surface area contributed by atoms with Crippen LogP contribution in [-0.2, 0) is 9.53 Å². The van der Waals surface area contributed by atoms with Crippen LogP contribution in [0.4, 0.5) is 0 Å². The van der Waals surface area contributed by atoms with Crippen LogP contribution < -0.4 is 0 Å². The maximum Gasteiger partial charge on any atom is 0.313 e. The number of hydrogen-bond donors (Lipinski definition) is 0. The van der Waals surface area contributed by atoms with Gasteiger partial charge in [-0.3, -0.25) is 4.79 Å². The van der Waals surface area contributed by atoms with E-state index >= 15 is 0 Å². The van der Waals surface area contributed by atoms with Crippen molar-refractivity contribution in [3.8, 4) is 0 Å². The Labute approximate surface area is 97.6 Å². The van der Waals surface area contributed by atoms with Crippen LogP contribution in [0.1, 0.15) is 45.1 Å². The van der Waals surface area contributed by atoms with Crippen LogP contribution in [-0.4, -0.2) is 12.1 Å². The van der Waals surface area contributed by atoms with Gasteiger partial charge in [0.05, 0.1) is 12.0 Å². The zero-order chi connectivity index (χ0) is 12.0. The second kappa shape index (κ2) is 6.31. The van der Waals surface area contributed by atoms with Gasteiger partial charge < -0.3 is 4.74 Å². The van der Waals surface area contributed by atoms with Gasteiger partial charge in [-0.25, -0.2) is 0 Å². The molecule has 0 N–H and O–H groups in total. The van der Waals surface area contributed by atoms with E-state index in [1.165, 1.54) is 0 Å². The molecule has 0 amide bonds. The van der Waals surface area contributed by atoms with Crippen molar-refractivity contribution >= 4 is 5.97 Å². The predicted molar refractivity (Wildman–Crippen MR) is 65.3 cm³/mol. The lowest BCUT2D eigenvalue weighted by Crippen LogP contribution is -2.20. The lowest BCUT2D eigenvalue weighted by Gasteiger charge is -2.17. The Bertz CT molecular complexity index is 319. The molecule has 0 fully saturated rings. The molecule has 0 saturated carbocycles. The Morgan fingerprint density at radius 1 is 1.19 bits per heavy atom. The van der Waals surface area contributed by atoms with Crippen molar-refractivity contribution in [1.82, 2.24) is 0 Å². The van der Waals surface area contributed by atoms with Crippen molar-refractivity contribution in [1.29, 1.82) is 0 Å². The molecule has 2 heteroatoms. The van der Waals surface area contributed by atoms with E-state index in [9.17, 15) is 4.79 Å². The van der Waals surface area contributed by atoms with Crippen LogP contribution in [0, 0.1) is 0 Å². The standard InChI is InChI=1S/C14H20O2/c1-4-11(3)16-14(15)13(5-2)12-9-7-6-8-10-12/h6-11,13H,4-5H2,1-3H3/t11-,13-/m0/s1. The summed E-state index contributed by atoms with van der Waals surface area (Å²) in [6.45, 7) is 5.95. The molecule has 0 radical (unpaired) electrons. The average Bonchev–Trinajstić information content (AvgIpc) is 2.31. The first-order valence-electron chi connectivity index (χ1n) is 5.94. The van der Waals surface area contributed by atoms with Gasteiger partial charge in [-0.05, 0) is 25.3 Å². The summed E-state index contributed by atoms with van der Waals surface area (Å²) in [6, 6.07) is 9.82. The second-order valence-corrected chi connectivity index (χ2v) is 4.03. The Morgan fingerprint density at radius 3 is 2.31 bits per heavy atom. The zero-order valence-electron chi connectivity index (χ0n) is 10.3. The van der Waals surface area contributed by atoms with E-state index in [2.05, 4.69) is 0 Å². The third-order valence-corrected chi connectivity index (χ3v) is 2.79. The fraction of sp³-hybridized carbons (Fsp3) is 0.500. The van der Waals surface area contributed by atoms with Crippen molar-refractivity contribution in [2.24, 2.45) is 0 Å². The minimum absolute atomic E-state index is 0.00487. The molecular weight excluding hydrogens is 200 g/mol. The van der Waals surface area contributed by atoms with E-state index in [1.807, 2.05) is 51.1 Å². The van der Waals surface area contributed by atoms with E-state index in [1.54, 1.807) is 0 Å². The monoisotopic (exact) mass is 220 g/mol. The summed E-state index contributed by atoms with van der Waals surface area (Å²) in [5.74, 6) is -0.238. The molecule has 16 heavy (non-hydrogen) atoms. The molecule has 0 bridgehead atoms. The highest BCUT2D eigenvalue weighted by molar-refractivity contribution is 5.78. The molecule has 2 atom stereocenters. The van der Waals surface area contributed by atoms with E-state index in [0.29, 0.717) is 0 Å². The van der Waals surface area contributed by atoms with Crippen LogP contribution >= 0.6 is 0 Å². The Hall–Kier alpha value is -1.31. The molecule has 0 saturated heterocycles. The summed E-state index contributed by atoms with van der Waals surface area (Å²) in [5, 5.41) is 0. The maximum absolute atomic E-state index is 11.9. The van der Waals surface area contributed by atoms with Gasteiger partial charge in [0.2, 0.25) is 0 Å². The highest BCUT2D eigenvalue weighted by Crippen LogP contribution is 2.21. The molecule has 1 rings (SSSR count). The van der Waals surface area contributed by atoms with Gasteiger partial charge in [-0.2, -0.15) is 0 Å². The van der Waals surface area contributed by atoms with Crippen LogP contribution in [0.3, 0.4) is 0 Å². The van der Waals surface area contributed by atoms with Crippen molar-refractivity contribution in [2.75, 3.05) is 0 Å². The van der Waals surface area contributed by atoms with Crippen LogP contribution in [0.25, 0.3) is 0 Å². The number of rotatable bonds is 5. The first-order chi connectivity index (χ1) is 7.69. The quantitative estimate of drug-likeness (QED) is 0.710. The largest absolute Gasteiger partial charge is 0.462 e. The summed E-state index contributed by atoms with van der Waals surface area (Å²) in [7, 11) is 0. The average molecular weight is 220 g/mol. The van der Waals surface area contributed by atoms with Crippen LogP contribution in [0.5, 0.6) is 0 Å².